The third-order valence-corrected chi connectivity index (χ3v) is 6.51. The molecule has 0 aliphatic carbocycles. The number of carbonyl (C=O) groups is 3. The predicted molar refractivity (Wildman–Crippen MR) is 145 cm³/mol. The predicted octanol–water partition coefficient (Wildman–Crippen LogP) is 5.15. The van der Waals surface area contributed by atoms with E-state index < -0.39 is 24.4 Å². The van der Waals surface area contributed by atoms with Crippen molar-refractivity contribution >= 4 is 29.2 Å². The van der Waals surface area contributed by atoms with Gasteiger partial charge in [0.2, 0.25) is 5.91 Å². The SMILES string of the molecule is CCc1cccc(CC)c1NC(=O)COC(=O)[C@H]1CC(=O)N(c2ccc(Oc3ccc(OC)cc3)cc2)C1. The molecule has 0 bridgehead atoms. The Morgan fingerprint density at radius 3 is 2.05 bits per heavy atom. The van der Waals surface area contributed by atoms with Gasteiger partial charge in [0.25, 0.3) is 5.91 Å². The summed E-state index contributed by atoms with van der Waals surface area (Å²) in [5.41, 5.74) is 3.50. The van der Waals surface area contributed by atoms with Gasteiger partial charge in [0.1, 0.15) is 17.2 Å². The Balaban J connectivity index is 1.30. The van der Waals surface area contributed by atoms with Crippen molar-refractivity contribution in [3.63, 3.8) is 0 Å². The van der Waals surface area contributed by atoms with E-state index in [9.17, 15) is 14.4 Å². The molecule has 2 amide bonds. The van der Waals surface area contributed by atoms with Crippen LogP contribution in [0, 0.1) is 5.92 Å². The quantitative estimate of drug-likeness (QED) is 0.375. The Morgan fingerprint density at radius 2 is 1.47 bits per heavy atom. The van der Waals surface area contributed by atoms with Crippen LogP contribution in [-0.4, -0.2) is 38.0 Å². The monoisotopic (exact) mass is 516 g/mol. The first kappa shape index (κ1) is 26.7. The molecule has 0 unspecified atom stereocenters. The maximum Gasteiger partial charge on any atom is 0.311 e. The number of nitrogens with one attached hydrogen (secondary N) is 1. The fourth-order valence-corrected chi connectivity index (χ4v) is 4.42. The maximum atomic E-state index is 12.7. The second kappa shape index (κ2) is 12.3. The summed E-state index contributed by atoms with van der Waals surface area (Å²) >= 11 is 0. The second-order valence-electron chi connectivity index (χ2n) is 8.99. The molecule has 8 nitrogen and oxygen atoms in total. The van der Waals surface area contributed by atoms with Crippen molar-refractivity contribution in [1.82, 2.24) is 0 Å². The van der Waals surface area contributed by atoms with Crippen molar-refractivity contribution < 1.29 is 28.6 Å². The van der Waals surface area contributed by atoms with Gasteiger partial charge in [0.15, 0.2) is 6.61 Å². The molecule has 1 aliphatic rings. The van der Waals surface area contributed by atoms with Crippen molar-refractivity contribution in [3.05, 3.63) is 77.9 Å². The van der Waals surface area contributed by atoms with Crippen LogP contribution in [0.5, 0.6) is 17.2 Å². The summed E-state index contributed by atoms with van der Waals surface area (Å²) in [4.78, 5) is 39.4. The minimum absolute atomic E-state index is 0.0310. The fourth-order valence-electron chi connectivity index (χ4n) is 4.42. The Labute approximate surface area is 222 Å². The van der Waals surface area contributed by atoms with Gasteiger partial charge in [0.05, 0.1) is 13.0 Å². The molecule has 1 aliphatic heterocycles. The van der Waals surface area contributed by atoms with E-state index in [1.165, 1.54) is 0 Å². The zero-order valence-corrected chi connectivity index (χ0v) is 21.9. The molecular weight excluding hydrogens is 484 g/mol. The van der Waals surface area contributed by atoms with E-state index in [4.69, 9.17) is 14.2 Å². The van der Waals surface area contributed by atoms with E-state index in [-0.39, 0.29) is 18.9 Å². The van der Waals surface area contributed by atoms with Crippen LogP contribution in [0.1, 0.15) is 31.4 Å². The molecule has 198 valence electrons. The molecule has 3 aromatic carbocycles. The molecule has 38 heavy (non-hydrogen) atoms. The number of esters is 1. The normalized spacial score (nSPS) is 14.8. The highest BCUT2D eigenvalue weighted by Crippen LogP contribution is 2.30. The Bertz CT molecular complexity index is 1260. The number of para-hydroxylation sites is 1. The van der Waals surface area contributed by atoms with E-state index in [2.05, 4.69) is 5.32 Å². The number of anilines is 2. The van der Waals surface area contributed by atoms with Gasteiger partial charge in [-0.05, 0) is 72.5 Å². The van der Waals surface area contributed by atoms with Crippen molar-refractivity contribution in [2.45, 2.75) is 33.1 Å². The lowest BCUT2D eigenvalue weighted by molar-refractivity contribution is -0.151. The van der Waals surface area contributed by atoms with E-state index >= 15 is 0 Å². The first-order valence-corrected chi connectivity index (χ1v) is 12.7. The first-order chi connectivity index (χ1) is 18.4. The van der Waals surface area contributed by atoms with Crippen molar-refractivity contribution in [2.24, 2.45) is 5.92 Å². The summed E-state index contributed by atoms with van der Waals surface area (Å²) in [7, 11) is 1.60. The Morgan fingerprint density at radius 1 is 0.895 bits per heavy atom. The van der Waals surface area contributed by atoms with E-state index in [1.54, 1.807) is 48.4 Å². The van der Waals surface area contributed by atoms with Crippen LogP contribution in [0.15, 0.2) is 66.7 Å². The minimum atomic E-state index is -0.639. The highest BCUT2D eigenvalue weighted by atomic mass is 16.5. The van der Waals surface area contributed by atoms with Crippen LogP contribution in [0.3, 0.4) is 0 Å². The molecule has 4 rings (SSSR count). The van der Waals surface area contributed by atoms with Crippen molar-refractivity contribution in [3.8, 4) is 17.2 Å². The fraction of sp³-hybridized carbons (Fsp3) is 0.300. The zero-order valence-electron chi connectivity index (χ0n) is 21.9. The lowest BCUT2D eigenvalue weighted by Gasteiger charge is -2.17. The Kier molecular flexibility index (Phi) is 8.63. The van der Waals surface area contributed by atoms with Crippen LogP contribution in [-0.2, 0) is 32.0 Å². The molecule has 0 saturated carbocycles. The van der Waals surface area contributed by atoms with Crippen LogP contribution in [0.25, 0.3) is 0 Å². The lowest BCUT2D eigenvalue weighted by atomic mass is 10.0. The van der Waals surface area contributed by atoms with E-state index in [1.807, 2.05) is 44.2 Å². The number of hydrogen-bond donors (Lipinski definition) is 1. The second-order valence-corrected chi connectivity index (χ2v) is 8.99. The summed E-state index contributed by atoms with van der Waals surface area (Å²) in [6.45, 7) is 3.84. The Hall–Kier alpha value is -4.33. The van der Waals surface area contributed by atoms with Gasteiger partial charge < -0.3 is 24.4 Å². The van der Waals surface area contributed by atoms with Crippen LogP contribution >= 0.6 is 0 Å². The summed E-state index contributed by atoms with van der Waals surface area (Å²) in [5.74, 6) is 0.235. The first-order valence-electron chi connectivity index (χ1n) is 12.7. The average Bonchev–Trinajstić information content (AvgIpc) is 3.34. The average molecular weight is 517 g/mol. The van der Waals surface area contributed by atoms with Crippen molar-refractivity contribution in [2.75, 3.05) is 30.5 Å². The molecule has 0 radical (unpaired) electrons. The highest BCUT2D eigenvalue weighted by molar-refractivity contribution is 6.00. The lowest BCUT2D eigenvalue weighted by Crippen LogP contribution is -2.28. The van der Waals surface area contributed by atoms with E-state index in [0.29, 0.717) is 17.2 Å². The van der Waals surface area contributed by atoms with Gasteiger partial charge in [0, 0.05) is 24.3 Å². The largest absolute Gasteiger partial charge is 0.497 e. The summed E-state index contributed by atoms with van der Waals surface area (Å²) in [5, 5.41) is 2.89. The summed E-state index contributed by atoms with van der Waals surface area (Å²) in [6.07, 6.45) is 1.58. The van der Waals surface area contributed by atoms with Gasteiger partial charge in [-0.3, -0.25) is 14.4 Å². The number of hydrogen-bond acceptors (Lipinski definition) is 6. The molecule has 8 heteroatoms. The molecule has 1 heterocycles. The van der Waals surface area contributed by atoms with Gasteiger partial charge >= 0.3 is 5.97 Å². The number of methoxy groups -OCH3 is 1. The maximum absolute atomic E-state index is 12.7. The summed E-state index contributed by atoms with van der Waals surface area (Å²) < 4.78 is 16.3. The molecule has 1 fully saturated rings. The number of rotatable bonds is 10. The van der Waals surface area contributed by atoms with Gasteiger partial charge in [-0.25, -0.2) is 0 Å². The third kappa shape index (κ3) is 6.32. The van der Waals surface area contributed by atoms with Crippen molar-refractivity contribution in [1.29, 1.82) is 0 Å². The minimum Gasteiger partial charge on any atom is -0.497 e. The molecule has 0 spiro atoms. The van der Waals surface area contributed by atoms with Crippen LogP contribution in [0.2, 0.25) is 0 Å². The number of aryl methyl sites for hydroxylation is 2. The van der Waals surface area contributed by atoms with Gasteiger partial charge in [-0.2, -0.15) is 0 Å². The number of ether oxygens (including phenoxy) is 3. The molecule has 1 atom stereocenters. The summed E-state index contributed by atoms with van der Waals surface area (Å²) in [6, 6.07) is 20.2. The van der Waals surface area contributed by atoms with Crippen LogP contribution < -0.4 is 19.7 Å². The van der Waals surface area contributed by atoms with Gasteiger partial charge in [-0.15, -0.1) is 0 Å². The zero-order chi connectivity index (χ0) is 27.1. The number of carbonyl (C=O) groups excluding carboxylic acids is 3. The highest BCUT2D eigenvalue weighted by Gasteiger charge is 2.36. The molecular formula is C30H32N2O6. The number of benzene rings is 3. The number of nitrogens with zero attached hydrogens (tertiary/aromatic N) is 1. The topological polar surface area (TPSA) is 94.2 Å². The smallest absolute Gasteiger partial charge is 0.311 e. The molecule has 0 aromatic heterocycles. The standard InChI is InChI=1S/C30H32N2O6/c1-4-20-7-6-8-21(5-2)29(20)31-27(33)19-37-30(35)22-17-28(34)32(18-22)23-9-11-25(12-10-23)38-26-15-13-24(36-3)14-16-26/h6-16,22H,4-5,17-19H2,1-3H3,(H,31,33)/t22-/m0/s1. The van der Waals surface area contributed by atoms with Gasteiger partial charge in [-0.1, -0.05) is 32.0 Å². The van der Waals surface area contributed by atoms with Crippen LogP contribution in [0.4, 0.5) is 11.4 Å². The molecule has 1 N–H and O–H groups in total. The molecule has 3 aromatic rings. The molecule has 1 saturated heterocycles. The third-order valence-electron chi connectivity index (χ3n) is 6.51. The van der Waals surface area contributed by atoms with E-state index in [0.717, 1.165) is 35.4 Å². The number of amides is 2.